The Hall–Kier alpha value is 0.341. The van der Waals surface area contributed by atoms with Crippen LogP contribution in [0.1, 0.15) is 24.2 Å². The zero-order chi connectivity index (χ0) is 11.5. The van der Waals surface area contributed by atoms with Gasteiger partial charge in [0.05, 0.1) is 5.69 Å². The van der Waals surface area contributed by atoms with Crippen LogP contribution in [0, 0.1) is 0 Å². The number of rotatable bonds is 3. The molecule has 0 radical (unpaired) electrons. The molecule has 0 aliphatic heterocycles. The predicted octanol–water partition coefficient (Wildman–Crippen LogP) is -0.495. The Bertz CT molecular complexity index is 366. The van der Waals surface area contributed by atoms with E-state index in [0.29, 0.717) is 11.3 Å². The topological polar surface area (TPSA) is 38.9 Å². The molecule has 1 aromatic rings. The number of aromatic nitrogens is 1. The number of halogens is 3. The van der Waals surface area contributed by atoms with Gasteiger partial charge in [0.2, 0.25) is 0 Å². The molecule has 0 bridgehead atoms. The van der Waals surface area contributed by atoms with E-state index in [0.717, 1.165) is 6.08 Å². The summed E-state index contributed by atoms with van der Waals surface area (Å²) in [5.74, 6) is 0.239. The second kappa shape index (κ2) is 6.93. The monoisotopic (exact) mass is 254 g/mol. The van der Waals surface area contributed by atoms with Crippen molar-refractivity contribution in [2.24, 2.45) is 5.73 Å². The number of hydrogen-bond donors (Lipinski definition) is 1. The molecule has 0 saturated heterocycles. The van der Waals surface area contributed by atoms with Crippen LogP contribution in [0.5, 0.6) is 0 Å². The van der Waals surface area contributed by atoms with Crippen LogP contribution in [0.15, 0.2) is 24.3 Å². The van der Waals surface area contributed by atoms with Crippen molar-refractivity contribution in [1.82, 2.24) is 4.98 Å². The number of pyridine rings is 1. The molecule has 1 aromatic heterocycles. The molecule has 1 rings (SSSR count). The average molecular weight is 254 g/mol. The average Bonchev–Trinajstić information content (AvgIpc) is 2.14. The van der Waals surface area contributed by atoms with E-state index in [9.17, 15) is 12.9 Å². The maximum atomic E-state index is 12.0. The van der Waals surface area contributed by atoms with Crippen molar-refractivity contribution in [3.63, 3.8) is 0 Å². The fourth-order valence-electron chi connectivity index (χ4n) is 1.16. The Morgan fingerprint density at radius 2 is 2.06 bits per heavy atom. The first-order chi connectivity index (χ1) is 6.90. The molecule has 0 saturated carbocycles. The van der Waals surface area contributed by atoms with Gasteiger partial charge in [0, 0.05) is 12.2 Å². The molecule has 2 N–H and O–H groups in total. The van der Waals surface area contributed by atoms with Crippen LogP contribution in [-0.4, -0.2) is 12.0 Å². The van der Waals surface area contributed by atoms with Gasteiger partial charge in [-0.3, -0.25) is 4.98 Å². The van der Waals surface area contributed by atoms with Crippen LogP contribution in [0.3, 0.4) is 0 Å². The van der Waals surface area contributed by atoms with E-state index in [1.54, 1.807) is 19.1 Å². The smallest absolute Gasteiger partial charge is 0.445 e. The molecule has 2 nitrogen and oxygen atoms in total. The summed E-state index contributed by atoms with van der Waals surface area (Å²) in [6.45, 7) is -3.24. The number of hydrogen-bond acceptors (Lipinski definition) is 2. The van der Waals surface area contributed by atoms with Crippen LogP contribution >= 0.6 is 0 Å². The van der Waals surface area contributed by atoms with E-state index < -0.39 is 6.98 Å². The van der Waals surface area contributed by atoms with Crippen molar-refractivity contribution in [1.29, 1.82) is 0 Å². The molecule has 0 amide bonds. The summed E-state index contributed by atoms with van der Waals surface area (Å²) < 4.78 is 36.0. The Morgan fingerprint density at radius 3 is 2.56 bits per heavy atom. The predicted molar refractivity (Wildman–Crippen MR) is 55.0 cm³/mol. The second-order valence-corrected chi connectivity index (χ2v) is 3.25. The van der Waals surface area contributed by atoms with Crippen molar-refractivity contribution < 1.29 is 64.3 Å². The Morgan fingerprint density at radius 1 is 1.44 bits per heavy atom. The van der Waals surface area contributed by atoms with Gasteiger partial charge in [-0.1, -0.05) is 12.1 Å². The minimum absolute atomic E-state index is 0. The quantitative estimate of drug-likeness (QED) is 0.739. The summed E-state index contributed by atoms with van der Waals surface area (Å²) in [6.07, 6.45) is 2.51. The van der Waals surface area contributed by atoms with E-state index >= 15 is 0 Å². The zero-order valence-electron chi connectivity index (χ0n) is 9.20. The maximum Gasteiger partial charge on any atom is 1.00 e. The number of nitrogens with two attached hydrogens (primary N) is 1. The van der Waals surface area contributed by atoms with Gasteiger partial charge in [0.25, 0.3) is 0 Å². The Labute approximate surface area is 135 Å². The Kier molecular flexibility index (Phi) is 7.08. The van der Waals surface area contributed by atoms with Crippen molar-refractivity contribution in [2.45, 2.75) is 13.0 Å². The third-order valence-electron chi connectivity index (χ3n) is 1.80. The van der Waals surface area contributed by atoms with Gasteiger partial charge in [-0.05, 0) is 18.6 Å². The van der Waals surface area contributed by atoms with Crippen LogP contribution < -0.4 is 57.1 Å². The molecular weight excluding hydrogens is 243 g/mol. The minimum atomic E-state index is -4.91. The van der Waals surface area contributed by atoms with E-state index in [2.05, 4.69) is 4.98 Å². The molecular formula is C9H11BF3KN2. The van der Waals surface area contributed by atoms with E-state index in [1.807, 2.05) is 0 Å². The molecule has 16 heavy (non-hydrogen) atoms. The molecule has 0 aromatic carbocycles. The van der Waals surface area contributed by atoms with Gasteiger partial charge in [-0.2, -0.15) is 0 Å². The summed E-state index contributed by atoms with van der Waals surface area (Å²) in [5, 5.41) is 0. The molecule has 0 aliphatic carbocycles. The van der Waals surface area contributed by atoms with Crippen LogP contribution in [0.25, 0.3) is 6.08 Å². The first kappa shape index (κ1) is 16.3. The molecule has 7 heteroatoms. The summed E-state index contributed by atoms with van der Waals surface area (Å²) in [7, 11) is 0. The fourth-order valence-corrected chi connectivity index (χ4v) is 1.16. The van der Waals surface area contributed by atoms with Crippen LogP contribution in [0.2, 0.25) is 0 Å². The van der Waals surface area contributed by atoms with E-state index in [-0.39, 0.29) is 63.4 Å². The van der Waals surface area contributed by atoms with Crippen LogP contribution in [0.4, 0.5) is 12.9 Å². The SMILES string of the molecule is CC(N)c1ncccc1/C=C/[B-](F)(F)F.[K+]. The first-order valence-electron chi connectivity index (χ1n) is 4.50. The van der Waals surface area contributed by atoms with Crippen molar-refractivity contribution in [3.05, 3.63) is 35.6 Å². The van der Waals surface area contributed by atoms with Gasteiger partial charge in [-0.25, -0.2) is 0 Å². The van der Waals surface area contributed by atoms with Gasteiger partial charge in [-0.15, -0.1) is 5.98 Å². The summed E-state index contributed by atoms with van der Waals surface area (Å²) in [6, 6.07) is 2.76. The van der Waals surface area contributed by atoms with Gasteiger partial charge in [0.15, 0.2) is 0 Å². The standard InChI is InChI=1S/C9H11BF3N2.K/c1-7(14)9-8(3-2-6-15-9)4-5-10(11,12)13;/h2-7H,14H2,1H3;/q-1;+1/b5-4+;. The Balaban J connectivity index is 0.00000225. The van der Waals surface area contributed by atoms with Crippen LogP contribution in [-0.2, 0) is 0 Å². The molecule has 0 spiro atoms. The largest absolute Gasteiger partial charge is 1.00 e. The third-order valence-corrected chi connectivity index (χ3v) is 1.80. The van der Waals surface area contributed by atoms with Crippen molar-refractivity contribution >= 4 is 13.1 Å². The molecule has 1 atom stereocenters. The van der Waals surface area contributed by atoms with Crippen molar-refractivity contribution in [3.8, 4) is 0 Å². The maximum absolute atomic E-state index is 12.0. The van der Waals surface area contributed by atoms with Gasteiger partial charge >= 0.3 is 58.4 Å². The summed E-state index contributed by atoms with van der Waals surface area (Å²) in [4.78, 5) is 3.94. The van der Waals surface area contributed by atoms with E-state index in [4.69, 9.17) is 5.73 Å². The molecule has 0 aliphatic rings. The molecule has 82 valence electrons. The third kappa shape index (κ3) is 5.60. The molecule has 0 fully saturated rings. The summed E-state index contributed by atoms with van der Waals surface area (Å²) in [5.41, 5.74) is 6.46. The van der Waals surface area contributed by atoms with Crippen molar-refractivity contribution in [2.75, 3.05) is 0 Å². The number of nitrogens with zero attached hydrogens (tertiary/aromatic N) is 1. The summed E-state index contributed by atoms with van der Waals surface area (Å²) >= 11 is 0. The minimum Gasteiger partial charge on any atom is -0.445 e. The van der Waals surface area contributed by atoms with E-state index in [1.165, 1.54) is 6.20 Å². The van der Waals surface area contributed by atoms with Gasteiger partial charge < -0.3 is 18.7 Å². The zero-order valence-corrected chi connectivity index (χ0v) is 12.3. The molecule has 1 heterocycles. The second-order valence-electron chi connectivity index (χ2n) is 3.25. The first-order valence-corrected chi connectivity index (χ1v) is 4.50. The molecule has 1 unspecified atom stereocenters. The fraction of sp³-hybridized carbons (Fsp3) is 0.222. The van der Waals surface area contributed by atoms with Gasteiger partial charge in [0.1, 0.15) is 0 Å². The normalized spacial score (nSPS) is 13.6.